The van der Waals surface area contributed by atoms with Crippen LogP contribution in [0.3, 0.4) is 0 Å². The molecule has 18 heavy (non-hydrogen) atoms. The largest absolute Gasteiger partial charge is 0.289 e. The molecule has 7 heteroatoms. The van der Waals surface area contributed by atoms with Crippen LogP contribution in [0.1, 0.15) is 6.92 Å². The van der Waals surface area contributed by atoms with Crippen LogP contribution in [0.25, 0.3) is 0 Å². The minimum atomic E-state index is -3.81. The highest BCUT2D eigenvalue weighted by Gasteiger charge is 2.32. The highest BCUT2D eigenvalue weighted by Crippen LogP contribution is 2.28. The van der Waals surface area contributed by atoms with Gasteiger partial charge < -0.3 is 0 Å². The Hall–Kier alpha value is -1.73. The van der Waals surface area contributed by atoms with E-state index in [4.69, 9.17) is 0 Å². The van der Waals surface area contributed by atoms with Crippen molar-refractivity contribution in [2.45, 2.75) is 11.8 Å². The zero-order chi connectivity index (χ0) is 13.3. The first kappa shape index (κ1) is 12.7. The number of rotatable bonds is 3. The first-order valence-corrected chi connectivity index (χ1v) is 6.76. The van der Waals surface area contributed by atoms with E-state index < -0.39 is 14.9 Å². The van der Waals surface area contributed by atoms with Gasteiger partial charge in [-0.1, -0.05) is 23.8 Å². The molecule has 1 aliphatic heterocycles. The molecule has 0 bridgehead atoms. The van der Waals surface area contributed by atoms with Gasteiger partial charge in [0.2, 0.25) is 10.0 Å². The lowest BCUT2D eigenvalue weighted by atomic mass is 10.3. The summed E-state index contributed by atoms with van der Waals surface area (Å²) in [5.74, 6) is 0. The van der Waals surface area contributed by atoms with Gasteiger partial charge in [0, 0.05) is 19.2 Å². The Morgan fingerprint density at radius 2 is 2.00 bits per heavy atom. The fraction of sp³-hybridized carbons (Fsp3) is 0.273. The molecule has 1 heterocycles. The van der Waals surface area contributed by atoms with E-state index in [9.17, 15) is 18.5 Å². The summed E-state index contributed by atoms with van der Waals surface area (Å²) in [4.78, 5) is 9.93. The summed E-state index contributed by atoms with van der Waals surface area (Å²) >= 11 is 0. The van der Waals surface area contributed by atoms with Gasteiger partial charge in [-0.05, 0) is 13.0 Å². The van der Waals surface area contributed by atoms with Gasteiger partial charge in [0.15, 0.2) is 4.90 Å². The fourth-order valence-corrected chi connectivity index (χ4v) is 3.39. The van der Waals surface area contributed by atoms with Crippen molar-refractivity contribution in [2.75, 3.05) is 13.1 Å². The molecule has 0 amide bonds. The fourth-order valence-electron chi connectivity index (χ4n) is 1.81. The van der Waals surface area contributed by atoms with E-state index in [0.29, 0.717) is 0 Å². The highest BCUT2D eigenvalue weighted by atomic mass is 32.2. The lowest BCUT2D eigenvalue weighted by Crippen LogP contribution is -2.29. The van der Waals surface area contributed by atoms with Crippen molar-refractivity contribution in [1.82, 2.24) is 4.31 Å². The maximum atomic E-state index is 12.3. The quantitative estimate of drug-likeness (QED) is 0.473. The summed E-state index contributed by atoms with van der Waals surface area (Å²) < 4.78 is 25.8. The van der Waals surface area contributed by atoms with Gasteiger partial charge in [-0.3, -0.25) is 10.1 Å². The Kier molecular flexibility index (Phi) is 3.18. The molecule has 2 rings (SSSR count). The molecule has 0 N–H and O–H groups in total. The summed E-state index contributed by atoms with van der Waals surface area (Å²) in [5, 5.41) is 10.9. The molecule has 0 fully saturated rings. The van der Waals surface area contributed by atoms with Crippen LogP contribution < -0.4 is 0 Å². The normalized spacial score (nSPS) is 16.6. The van der Waals surface area contributed by atoms with Gasteiger partial charge in [0.25, 0.3) is 5.69 Å². The van der Waals surface area contributed by atoms with Crippen LogP contribution in [0.5, 0.6) is 0 Å². The molecule has 0 saturated heterocycles. The number of nitro groups is 1. The third-order valence-corrected chi connectivity index (χ3v) is 4.61. The summed E-state index contributed by atoms with van der Waals surface area (Å²) in [6.45, 7) is 2.38. The lowest BCUT2D eigenvalue weighted by molar-refractivity contribution is -0.387. The van der Waals surface area contributed by atoms with E-state index in [0.717, 1.165) is 5.57 Å². The topological polar surface area (TPSA) is 80.5 Å². The van der Waals surface area contributed by atoms with E-state index in [2.05, 4.69) is 0 Å². The van der Waals surface area contributed by atoms with E-state index in [-0.39, 0.29) is 23.7 Å². The Morgan fingerprint density at radius 3 is 2.56 bits per heavy atom. The minimum Gasteiger partial charge on any atom is -0.258 e. The molecule has 96 valence electrons. The maximum absolute atomic E-state index is 12.3. The molecular formula is C11H12N2O4S. The number of para-hydroxylation sites is 1. The van der Waals surface area contributed by atoms with Crippen LogP contribution in [0.2, 0.25) is 0 Å². The van der Waals surface area contributed by atoms with E-state index in [1.54, 1.807) is 6.08 Å². The van der Waals surface area contributed by atoms with Crippen LogP contribution in [0, 0.1) is 10.1 Å². The zero-order valence-electron chi connectivity index (χ0n) is 9.74. The third-order valence-electron chi connectivity index (χ3n) is 2.75. The van der Waals surface area contributed by atoms with Gasteiger partial charge in [0.1, 0.15) is 0 Å². The third kappa shape index (κ3) is 2.14. The molecule has 0 radical (unpaired) electrons. The van der Waals surface area contributed by atoms with Crippen molar-refractivity contribution in [3.63, 3.8) is 0 Å². The molecule has 0 saturated carbocycles. The van der Waals surface area contributed by atoms with Crippen LogP contribution in [-0.2, 0) is 10.0 Å². The number of benzene rings is 1. The van der Waals surface area contributed by atoms with Crippen molar-refractivity contribution in [1.29, 1.82) is 0 Å². The predicted octanol–water partition coefficient (Wildman–Crippen LogP) is 1.55. The molecule has 0 aliphatic carbocycles. The molecule has 0 aromatic heterocycles. The number of sulfonamides is 1. The van der Waals surface area contributed by atoms with Gasteiger partial charge in [-0.15, -0.1) is 0 Å². The molecule has 6 nitrogen and oxygen atoms in total. The average Bonchev–Trinajstić information content (AvgIpc) is 2.76. The van der Waals surface area contributed by atoms with Gasteiger partial charge >= 0.3 is 0 Å². The SMILES string of the molecule is CC1=CCN(S(=O)(=O)c2ccccc2[N+](=O)[O-])C1. The number of hydrogen-bond acceptors (Lipinski definition) is 4. The smallest absolute Gasteiger partial charge is 0.258 e. The second-order valence-electron chi connectivity index (χ2n) is 4.07. The van der Waals surface area contributed by atoms with E-state index in [1.165, 1.54) is 28.6 Å². The second-order valence-corrected chi connectivity index (χ2v) is 5.98. The van der Waals surface area contributed by atoms with Gasteiger partial charge in [0.05, 0.1) is 4.92 Å². The molecule has 0 unspecified atom stereocenters. The molecule has 0 spiro atoms. The number of nitrogens with zero attached hydrogens (tertiary/aromatic N) is 2. The average molecular weight is 268 g/mol. The highest BCUT2D eigenvalue weighted by molar-refractivity contribution is 7.89. The second kappa shape index (κ2) is 4.51. The lowest BCUT2D eigenvalue weighted by Gasteiger charge is -2.15. The molecule has 1 aromatic rings. The van der Waals surface area contributed by atoms with E-state index in [1.807, 2.05) is 6.92 Å². The minimum absolute atomic E-state index is 0.252. The Bertz CT molecular complexity index is 622. The van der Waals surface area contributed by atoms with Crippen molar-refractivity contribution < 1.29 is 13.3 Å². The van der Waals surface area contributed by atoms with Crippen LogP contribution in [0.15, 0.2) is 40.8 Å². The summed E-state index contributed by atoms with van der Waals surface area (Å²) in [5.41, 5.74) is 0.555. The Balaban J connectivity index is 2.46. The van der Waals surface area contributed by atoms with Crippen molar-refractivity contribution in [3.8, 4) is 0 Å². The molecule has 1 aromatic carbocycles. The summed E-state index contributed by atoms with van der Waals surface area (Å²) in [7, 11) is -3.81. The zero-order valence-corrected chi connectivity index (χ0v) is 10.6. The first-order chi connectivity index (χ1) is 8.43. The maximum Gasteiger partial charge on any atom is 0.289 e. The van der Waals surface area contributed by atoms with Crippen LogP contribution >= 0.6 is 0 Å². The monoisotopic (exact) mass is 268 g/mol. The first-order valence-electron chi connectivity index (χ1n) is 5.32. The van der Waals surface area contributed by atoms with Gasteiger partial charge in [-0.25, -0.2) is 8.42 Å². The molecule has 1 aliphatic rings. The van der Waals surface area contributed by atoms with Crippen LogP contribution in [-0.4, -0.2) is 30.7 Å². The Labute approximate surface area is 105 Å². The van der Waals surface area contributed by atoms with Crippen molar-refractivity contribution in [3.05, 3.63) is 46.0 Å². The molecule has 0 atom stereocenters. The predicted molar refractivity (Wildman–Crippen MR) is 65.6 cm³/mol. The summed E-state index contributed by atoms with van der Waals surface area (Å²) in [6, 6.07) is 5.39. The number of hydrogen-bond donors (Lipinski definition) is 0. The van der Waals surface area contributed by atoms with Crippen molar-refractivity contribution >= 4 is 15.7 Å². The standard InChI is InChI=1S/C11H12N2O4S/c1-9-6-7-12(8-9)18(16,17)11-5-3-2-4-10(11)13(14)15/h2-6H,7-8H2,1H3. The summed E-state index contributed by atoms with van der Waals surface area (Å²) in [6.07, 6.45) is 1.80. The van der Waals surface area contributed by atoms with E-state index >= 15 is 0 Å². The molecular weight excluding hydrogens is 256 g/mol. The van der Waals surface area contributed by atoms with Crippen LogP contribution in [0.4, 0.5) is 5.69 Å². The van der Waals surface area contributed by atoms with Gasteiger partial charge in [-0.2, -0.15) is 4.31 Å². The van der Waals surface area contributed by atoms with Crippen molar-refractivity contribution in [2.24, 2.45) is 0 Å². The number of nitro benzene ring substituents is 1. The Morgan fingerprint density at radius 1 is 1.33 bits per heavy atom.